The molecule has 3 unspecified atom stereocenters. The van der Waals surface area contributed by atoms with Gasteiger partial charge >= 0.3 is 0 Å². The highest BCUT2D eigenvalue weighted by Gasteiger charge is 2.55. The van der Waals surface area contributed by atoms with E-state index in [2.05, 4.69) is 27.0 Å². The summed E-state index contributed by atoms with van der Waals surface area (Å²) in [7, 11) is 1.67. The number of para-hydroxylation sites is 1. The molecule has 0 amide bonds. The minimum Gasteiger partial charge on any atom is -0.496 e. The molecule has 0 radical (unpaired) electrons. The first kappa shape index (κ1) is 26.3. The van der Waals surface area contributed by atoms with Gasteiger partial charge in [0, 0.05) is 30.7 Å². The molecule has 5 fully saturated rings. The van der Waals surface area contributed by atoms with Crippen LogP contribution in [0.4, 0.5) is 11.8 Å². The molecule has 208 valence electrons. The molecule has 7 rings (SSSR count). The van der Waals surface area contributed by atoms with Gasteiger partial charge in [0.05, 0.1) is 18.9 Å². The lowest BCUT2D eigenvalue weighted by molar-refractivity contribution is -0.0755. The maximum atomic E-state index is 10.4. The molecule has 4 N–H and O–H groups in total. The Morgan fingerprint density at radius 2 is 1.85 bits per heavy atom. The van der Waals surface area contributed by atoms with Crippen LogP contribution in [0.2, 0.25) is 0 Å². The zero-order chi connectivity index (χ0) is 27.0. The van der Waals surface area contributed by atoms with Crippen LogP contribution in [0.25, 0.3) is 0 Å². The van der Waals surface area contributed by atoms with E-state index >= 15 is 0 Å². The van der Waals surface area contributed by atoms with Gasteiger partial charge in [-0.15, -0.1) is 0 Å². The van der Waals surface area contributed by atoms with Crippen LogP contribution >= 0.6 is 0 Å². The van der Waals surface area contributed by atoms with E-state index in [1.165, 1.54) is 32.1 Å². The van der Waals surface area contributed by atoms with Crippen LogP contribution in [0.15, 0.2) is 30.5 Å². The lowest BCUT2D eigenvalue weighted by Gasteiger charge is -2.61. The summed E-state index contributed by atoms with van der Waals surface area (Å²) in [4.78, 5) is 9.09. The average molecular weight is 531 g/mol. The van der Waals surface area contributed by atoms with Crippen LogP contribution < -0.4 is 20.7 Å². The van der Waals surface area contributed by atoms with Crippen molar-refractivity contribution in [2.24, 2.45) is 23.2 Å². The maximum Gasteiger partial charge on any atom is 0.224 e. The number of nitrogens with one attached hydrogen (secondary N) is 3. The monoisotopic (exact) mass is 530 g/mol. The standard InChI is InChI=1S/C31H42N6O2/c1-30(38)9-7-25(8-10-30)36-27-22-11-20-12-23(27)15-31(13-20,14-22)19-35-28-24(16-32)18-34-29(37-28)33-17-21-5-3-4-6-26(21)39-2/h3-6,18,20,22-23,25,27,36,38H,7-15,17,19H2,1-2H3,(H2,33,34,35,37)/t20?,22-,23+,25?,27?,30?,31?. The number of aromatic nitrogens is 2. The molecular weight excluding hydrogens is 488 g/mol. The second kappa shape index (κ2) is 10.6. The molecule has 1 aromatic carbocycles. The largest absolute Gasteiger partial charge is 0.496 e. The molecular formula is C31H42N6O2. The highest BCUT2D eigenvalue weighted by molar-refractivity contribution is 5.53. The molecule has 39 heavy (non-hydrogen) atoms. The second-order valence-electron chi connectivity index (χ2n) is 13.0. The van der Waals surface area contributed by atoms with Crippen molar-refractivity contribution in [3.63, 3.8) is 0 Å². The van der Waals surface area contributed by atoms with Crippen LogP contribution in [0, 0.1) is 34.5 Å². The number of nitriles is 1. The van der Waals surface area contributed by atoms with E-state index in [-0.39, 0.29) is 5.41 Å². The summed E-state index contributed by atoms with van der Waals surface area (Å²) in [6, 6.07) is 11.3. The molecule has 0 aliphatic heterocycles. The SMILES string of the molecule is COc1ccccc1CNc1ncc(C#N)c(NCC23CC4C[C@H](C2)C(NC2CCC(C)(O)CC2)[C@@H](C4)C3)n1. The molecule has 8 nitrogen and oxygen atoms in total. The van der Waals surface area contributed by atoms with E-state index in [1.807, 2.05) is 31.2 Å². The molecule has 8 heteroatoms. The summed E-state index contributed by atoms with van der Waals surface area (Å²) in [6.45, 7) is 3.38. The smallest absolute Gasteiger partial charge is 0.224 e. The van der Waals surface area contributed by atoms with Gasteiger partial charge < -0.3 is 25.8 Å². The topological polar surface area (TPSA) is 115 Å². The Kier molecular flexibility index (Phi) is 7.15. The molecule has 2 aromatic rings. The zero-order valence-electron chi connectivity index (χ0n) is 23.2. The van der Waals surface area contributed by atoms with Crippen LogP contribution in [0.3, 0.4) is 0 Å². The van der Waals surface area contributed by atoms with Crippen LogP contribution in [-0.2, 0) is 6.54 Å². The predicted molar refractivity (Wildman–Crippen MR) is 151 cm³/mol. The minimum atomic E-state index is -0.481. The number of aliphatic hydroxyl groups is 1. The van der Waals surface area contributed by atoms with Crippen molar-refractivity contribution < 1.29 is 9.84 Å². The molecule has 1 heterocycles. The lowest BCUT2D eigenvalue weighted by Crippen LogP contribution is -2.61. The van der Waals surface area contributed by atoms with Crippen LogP contribution in [0.5, 0.6) is 5.75 Å². The Bertz CT molecular complexity index is 1200. The van der Waals surface area contributed by atoms with Gasteiger partial charge in [0.2, 0.25) is 5.95 Å². The van der Waals surface area contributed by atoms with E-state index in [4.69, 9.17) is 9.72 Å². The molecule has 5 atom stereocenters. The van der Waals surface area contributed by atoms with Crippen LogP contribution in [0.1, 0.15) is 75.8 Å². The summed E-state index contributed by atoms with van der Waals surface area (Å²) in [5.41, 5.74) is 1.30. The van der Waals surface area contributed by atoms with Gasteiger partial charge in [-0.1, -0.05) is 18.2 Å². The second-order valence-corrected chi connectivity index (χ2v) is 13.0. The molecule has 5 aliphatic carbocycles. The summed E-state index contributed by atoms with van der Waals surface area (Å²) in [6.07, 6.45) is 12.0. The number of ether oxygens (including phenoxy) is 1. The number of rotatable bonds is 9. The van der Waals surface area contributed by atoms with Crippen molar-refractivity contribution in [3.05, 3.63) is 41.6 Å². The Morgan fingerprint density at radius 3 is 2.56 bits per heavy atom. The third-order valence-corrected chi connectivity index (χ3v) is 10.1. The van der Waals surface area contributed by atoms with Crippen molar-refractivity contribution >= 4 is 11.8 Å². The molecule has 0 spiro atoms. The van der Waals surface area contributed by atoms with E-state index in [9.17, 15) is 10.4 Å². The number of anilines is 2. The van der Waals surface area contributed by atoms with Gasteiger partial charge in [-0.05, 0) is 93.9 Å². The normalized spacial score (nSPS) is 34.9. The summed E-state index contributed by atoms with van der Waals surface area (Å²) < 4.78 is 5.46. The molecule has 4 bridgehead atoms. The summed E-state index contributed by atoms with van der Waals surface area (Å²) in [5, 5.41) is 31.1. The van der Waals surface area contributed by atoms with Crippen molar-refractivity contribution in [2.45, 2.75) is 88.9 Å². The van der Waals surface area contributed by atoms with E-state index in [0.717, 1.165) is 61.3 Å². The Hall–Kier alpha value is -2.89. The highest BCUT2D eigenvalue weighted by Crippen LogP contribution is 2.60. The number of hydrogen-bond donors (Lipinski definition) is 4. The Balaban J connectivity index is 1.10. The fraction of sp³-hybridized carbons (Fsp3) is 0.645. The van der Waals surface area contributed by atoms with Crippen LogP contribution in [-0.4, -0.2) is 46.4 Å². The first-order valence-electron chi connectivity index (χ1n) is 14.7. The number of methoxy groups -OCH3 is 1. The first-order valence-corrected chi connectivity index (χ1v) is 14.7. The van der Waals surface area contributed by atoms with Gasteiger partial charge in [0.1, 0.15) is 23.2 Å². The number of nitrogens with zero attached hydrogens (tertiary/aromatic N) is 3. The van der Waals surface area contributed by atoms with Crippen molar-refractivity contribution in [2.75, 3.05) is 24.3 Å². The van der Waals surface area contributed by atoms with Crippen molar-refractivity contribution in [1.29, 1.82) is 5.26 Å². The quantitative estimate of drug-likeness (QED) is 0.363. The number of benzene rings is 1. The third kappa shape index (κ3) is 5.57. The maximum absolute atomic E-state index is 10.4. The average Bonchev–Trinajstić information content (AvgIpc) is 2.93. The van der Waals surface area contributed by atoms with E-state index in [0.29, 0.717) is 36.0 Å². The molecule has 5 saturated carbocycles. The van der Waals surface area contributed by atoms with Gasteiger partial charge in [0.25, 0.3) is 0 Å². The highest BCUT2D eigenvalue weighted by atomic mass is 16.5. The zero-order valence-corrected chi connectivity index (χ0v) is 23.2. The fourth-order valence-corrected chi connectivity index (χ4v) is 8.34. The summed E-state index contributed by atoms with van der Waals surface area (Å²) >= 11 is 0. The minimum absolute atomic E-state index is 0.271. The van der Waals surface area contributed by atoms with E-state index < -0.39 is 5.60 Å². The van der Waals surface area contributed by atoms with Crippen molar-refractivity contribution in [1.82, 2.24) is 15.3 Å². The predicted octanol–water partition coefficient (Wildman–Crippen LogP) is 4.86. The van der Waals surface area contributed by atoms with Gasteiger partial charge in [-0.25, -0.2) is 4.98 Å². The summed E-state index contributed by atoms with van der Waals surface area (Å²) in [5.74, 6) is 4.20. The fourth-order valence-electron chi connectivity index (χ4n) is 8.34. The molecule has 0 saturated heterocycles. The number of hydrogen-bond acceptors (Lipinski definition) is 8. The lowest BCUT2D eigenvalue weighted by atomic mass is 9.47. The van der Waals surface area contributed by atoms with Gasteiger partial charge in [-0.3, -0.25) is 0 Å². The van der Waals surface area contributed by atoms with E-state index in [1.54, 1.807) is 13.3 Å². The first-order chi connectivity index (χ1) is 18.9. The Morgan fingerprint density at radius 1 is 1.10 bits per heavy atom. The van der Waals surface area contributed by atoms with Gasteiger partial charge in [-0.2, -0.15) is 10.2 Å². The van der Waals surface area contributed by atoms with Crippen molar-refractivity contribution in [3.8, 4) is 11.8 Å². The molecule has 5 aliphatic rings. The van der Waals surface area contributed by atoms with Gasteiger partial charge in [0.15, 0.2) is 0 Å². The molecule has 1 aromatic heterocycles. The third-order valence-electron chi connectivity index (χ3n) is 10.1. The Labute approximate surface area is 232 Å².